The molecule has 2 N–H and O–H groups in total. The van der Waals surface area contributed by atoms with Gasteiger partial charge < -0.3 is 10.6 Å². The van der Waals surface area contributed by atoms with Gasteiger partial charge in [0, 0.05) is 6.04 Å². The van der Waals surface area contributed by atoms with Crippen LogP contribution in [0.5, 0.6) is 0 Å². The van der Waals surface area contributed by atoms with Crippen LogP contribution < -0.4 is 10.6 Å². The Morgan fingerprint density at radius 3 is 1.88 bits per heavy atom. The average molecular weight is 324 g/mol. The fraction of sp³-hybridized carbons (Fsp3) is 0.300. The van der Waals surface area contributed by atoms with Crippen molar-refractivity contribution >= 4 is 11.8 Å². The summed E-state index contributed by atoms with van der Waals surface area (Å²) in [7, 11) is 0. The number of rotatable bonds is 7. The van der Waals surface area contributed by atoms with Gasteiger partial charge in [0.1, 0.15) is 0 Å². The first-order chi connectivity index (χ1) is 11.6. The summed E-state index contributed by atoms with van der Waals surface area (Å²) >= 11 is 0. The van der Waals surface area contributed by atoms with E-state index in [0.29, 0.717) is 0 Å². The van der Waals surface area contributed by atoms with Crippen molar-refractivity contribution < 1.29 is 9.59 Å². The zero-order valence-corrected chi connectivity index (χ0v) is 14.2. The minimum atomic E-state index is -0.427. The molecule has 1 unspecified atom stereocenters. The quantitative estimate of drug-likeness (QED) is 0.823. The van der Waals surface area contributed by atoms with E-state index in [0.717, 1.165) is 17.5 Å². The first kappa shape index (κ1) is 17.7. The monoisotopic (exact) mass is 324 g/mol. The lowest BCUT2D eigenvalue weighted by Crippen LogP contribution is -2.42. The average Bonchev–Trinajstić information content (AvgIpc) is 2.62. The smallest absolute Gasteiger partial charge is 0.239 e. The highest BCUT2D eigenvalue weighted by atomic mass is 16.2. The molecule has 0 heterocycles. The fourth-order valence-corrected chi connectivity index (χ4v) is 2.48. The maximum Gasteiger partial charge on any atom is 0.239 e. The van der Waals surface area contributed by atoms with Crippen LogP contribution in [0.15, 0.2) is 60.7 Å². The molecule has 4 heteroatoms. The molecule has 0 aliphatic heterocycles. The molecule has 0 fully saturated rings. The van der Waals surface area contributed by atoms with Crippen molar-refractivity contribution in [2.24, 2.45) is 0 Å². The van der Waals surface area contributed by atoms with E-state index in [4.69, 9.17) is 0 Å². The Kier molecular flexibility index (Phi) is 6.55. The molecule has 0 aromatic heterocycles. The zero-order valence-electron chi connectivity index (χ0n) is 14.2. The Morgan fingerprint density at radius 1 is 0.917 bits per heavy atom. The molecule has 2 rings (SSSR count). The second-order valence-corrected chi connectivity index (χ2v) is 5.85. The number of carbonyl (C=O) groups excluding carboxylic acids is 2. The van der Waals surface area contributed by atoms with E-state index in [2.05, 4.69) is 10.6 Å². The van der Waals surface area contributed by atoms with Crippen LogP contribution in [0.4, 0.5) is 0 Å². The van der Waals surface area contributed by atoms with E-state index in [1.54, 1.807) is 0 Å². The van der Waals surface area contributed by atoms with Crippen molar-refractivity contribution in [1.82, 2.24) is 10.6 Å². The van der Waals surface area contributed by atoms with Gasteiger partial charge in [0.2, 0.25) is 11.8 Å². The molecule has 0 spiro atoms. The van der Waals surface area contributed by atoms with E-state index < -0.39 is 5.92 Å². The normalized spacial score (nSPS) is 11.8. The third-order valence-electron chi connectivity index (χ3n) is 3.97. The standard InChI is InChI=1S/C20H24N2O2/c1-3-15(2)22-18(23)14-21-20(24)19(16-10-6-4-7-11-16)17-12-8-5-9-13-17/h4-13,15,19H,3,14H2,1-2H3,(H,21,24)(H,22,23). The van der Waals surface area contributed by atoms with Crippen LogP contribution in [0.2, 0.25) is 0 Å². The summed E-state index contributed by atoms with van der Waals surface area (Å²) in [5.41, 5.74) is 1.81. The number of benzene rings is 2. The van der Waals surface area contributed by atoms with Crippen LogP contribution in [0, 0.1) is 0 Å². The predicted molar refractivity (Wildman–Crippen MR) is 95.6 cm³/mol. The van der Waals surface area contributed by atoms with Gasteiger partial charge in [0.25, 0.3) is 0 Å². The Hall–Kier alpha value is -2.62. The first-order valence-corrected chi connectivity index (χ1v) is 8.28. The summed E-state index contributed by atoms with van der Waals surface area (Å²) < 4.78 is 0. The lowest BCUT2D eigenvalue weighted by molar-refractivity contribution is -0.126. The van der Waals surface area contributed by atoms with Crippen LogP contribution in [-0.4, -0.2) is 24.4 Å². The highest BCUT2D eigenvalue weighted by Crippen LogP contribution is 2.24. The van der Waals surface area contributed by atoms with Gasteiger partial charge in [-0.1, -0.05) is 67.6 Å². The molecular formula is C20H24N2O2. The summed E-state index contributed by atoms with van der Waals surface area (Å²) in [6.07, 6.45) is 0.857. The molecule has 0 aliphatic rings. The number of carbonyl (C=O) groups is 2. The summed E-state index contributed by atoms with van der Waals surface area (Å²) in [5.74, 6) is -0.770. The van der Waals surface area contributed by atoms with Crippen molar-refractivity contribution in [2.45, 2.75) is 32.2 Å². The van der Waals surface area contributed by atoms with Gasteiger partial charge in [0.05, 0.1) is 12.5 Å². The second-order valence-electron chi connectivity index (χ2n) is 5.85. The summed E-state index contributed by atoms with van der Waals surface area (Å²) in [5, 5.41) is 5.61. The molecule has 1 atom stereocenters. The van der Waals surface area contributed by atoms with E-state index in [-0.39, 0.29) is 24.4 Å². The molecule has 24 heavy (non-hydrogen) atoms. The highest BCUT2D eigenvalue weighted by molar-refractivity contribution is 5.90. The van der Waals surface area contributed by atoms with Crippen LogP contribution in [0.1, 0.15) is 37.3 Å². The molecule has 2 aromatic carbocycles. The number of amides is 2. The van der Waals surface area contributed by atoms with Crippen molar-refractivity contribution in [1.29, 1.82) is 0 Å². The van der Waals surface area contributed by atoms with E-state index in [9.17, 15) is 9.59 Å². The Bertz CT molecular complexity index is 616. The molecule has 2 amide bonds. The van der Waals surface area contributed by atoms with Gasteiger partial charge in [-0.2, -0.15) is 0 Å². The Balaban J connectivity index is 2.10. The third-order valence-corrected chi connectivity index (χ3v) is 3.97. The van der Waals surface area contributed by atoms with E-state index in [1.807, 2.05) is 74.5 Å². The lowest BCUT2D eigenvalue weighted by Gasteiger charge is -2.18. The Morgan fingerprint density at radius 2 is 1.42 bits per heavy atom. The van der Waals surface area contributed by atoms with Crippen LogP contribution in [0.25, 0.3) is 0 Å². The van der Waals surface area contributed by atoms with Gasteiger partial charge in [0.15, 0.2) is 0 Å². The maximum atomic E-state index is 12.7. The van der Waals surface area contributed by atoms with Gasteiger partial charge in [-0.3, -0.25) is 9.59 Å². The SMILES string of the molecule is CCC(C)NC(=O)CNC(=O)C(c1ccccc1)c1ccccc1. The van der Waals surface area contributed by atoms with Gasteiger partial charge in [-0.15, -0.1) is 0 Å². The summed E-state index contributed by atoms with van der Waals surface area (Å²) in [4.78, 5) is 24.6. The fourth-order valence-electron chi connectivity index (χ4n) is 2.48. The molecule has 0 saturated carbocycles. The molecule has 2 aromatic rings. The molecule has 4 nitrogen and oxygen atoms in total. The van der Waals surface area contributed by atoms with Crippen molar-refractivity contribution in [3.63, 3.8) is 0 Å². The van der Waals surface area contributed by atoms with Crippen LogP contribution in [0.3, 0.4) is 0 Å². The topological polar surface area (TPSA) is 58.2 Å². The number of hydrogen-bond donors (Lipinski definition) is 2. The second kappa shape index (κ2) is 8.87. The molecule has 0 aliphatic carbocycles. The highest BCUT2D eigenvalue weighted by Gasteiger charge is 2.22. The van der Waals surface area contributed by atoms with Crippen molar-refractivity contribution in [2.75, 3.05) is 6.54 Å². The van der Waals surface area contributed by atoms with Gasteiger partial charge >= 0.3 is 0 Å². The molecule has 0 saturated heterocycles. The molecular weight excluding hydrogens is 300 g/mol. The van der Waals surface area contributed by atoms with E-state index >= 15 is 0 Å². The Labute approximate surface area is 143 Å². The summed E-state index contributed by atoms with van der Waals surface area (Å²) in [6, 6.07) is 19.3. The van der Waals surface area contributed by atoms with Gasteiger partial charge in [-0.05, 0) is 24.5 Å². The van der Waals surface area contributed by atoms with Crippen molar-refractivity contribution in [3.05, 3.63) is 71.8 Å². The minimum absolute atomic E-state index is 0.0145. The van der Waals surface area contributed by atoms with Gasteiger partial charge in [-0.25, -0.2) is 0 Å². The largest absolute Gasteiger partial charge is 0.352 e. The third kappa shape index (κ3) is 4.95. The van der Waals surface area contributed by atoms with Crippen LogP contribution in [-0.2, 0) is 9.59 Å². The number of nitrogens with one attached hydrogen (secondary N) is 2. The molecule has 0 radical (unpaired) electrons. The molecule has 0 bridgehead atoms. The maximum absolute atomic E-state index is 12.7. The first-order valence-electron chi connectivity index (χ1n) is 8.28. The summed E-state index contributed by atoms with van der Waals surface area (Å²) in [6.45, 7) is 3.93. The van der Waals surface area contributed by atoms with Crippen LogP contribution >= 0.6 is 0 Å². The molecule has 126 valence electrons. The van der Waals surface area contributed by atoms with Crippen molar-refractivity contribution in [3.8, 4) is 0 Å². The predicted octanol–water partition coefficient (Wildman–Crippen LogP) is 2.85. The zero-order chi connectivity index (χ0) is 17.4. The van der Waals surface area contributed by atoms with E-state index in [1.165, 1.54) is 0 Å². The number of hydrogen-bond acceptors (Lipinski definition) is 2. The lowest BCUT2D eigenvalue weighted by atomic mass is 9.90. The minimum Gasteiger partial charge on any atom is -0.352 e.